The summed E-state index contributed by atoms with van der Waals surface area (Å²) < 4.78 is 36.2. The number of aliphatic hydroxyl groups is 3. The first-order valence-electron chi connectivity index (χ1n) is 4.04. The second kappa shape index (κ2) is 16.9. The van der Waals surface area contributed by atoms with Gasteiger partial charge in [0, 0.05) is 0 Å². The molecule has 9 heteroatoms. The van der Waals surface area contributed by atoms with Gasteiger partial charge in [-0.1, -0.05) is 6.08 Å². The van der Waals surface area contributed by atoms with Gasteiger partial charge in [0.05, 0.1) is 33.0 Å². The van der Waals surface area contributed by atoms with Crippen LogP contribution in [0.3, 0.4) is 0 Å². The number of ether oxygens (including phenoxy) is 1. The predicted molar refractivity (Wildman–Crippen MR) is 56.5 cm³/mol. The van der Waals surface area contributed by atoms with E-state index in [9.17, 15) is 0 Å². The lowest BCUT2D eigenvalue weighted by Crippen LogP contribution is -2.03. The van der Waals surface area contributed by atoms with Crippen LogP contribution in [-0.4, -0.2) is 65.9 Å². The summed E-state index contributed by atoms with van der Waals surface area (Å²) in [5.74, 6) is 0. The molecular weight excluding hydrogens is 244 g/mol. The molecular formula is C7H18O8S. The van der Waals surface area contributed by atoms with Gasteiger partial charge in [0.2, 0.25) is 0 Å². The average molecular weight is 262 g/mol. The van der Waals surface area contributed by atoms with Crippen molar-refractivity contribution in [1.82, 2.24) is 0 Å². The lowest BCUT2D eigenvalue weighted by molar-refractivity contribution is 0.0650. The second-order valence-electron chi connectivity index (χ2n) is 1.98. The first kappa shape index (κ1) is 20.8. The predicted octanol–water partition coefficient (Wildman–Crippen LogP) is -1.50. The Balaban J connectivity index is -0.000000166. The van der Waals surface area contributed by atoms with Crippen molar-refractivity contribution in [3.63, 3.8) is 0 Å². The van der Waals surface area contributed by atoms with E-state index in [4.69, 9.17) is 32.8 Å². The van der Waals surface area contributed by atoms with Gasteiger partial charge in [-0.15, -0.1) is 6.58 Å². The highest BCUT2D eigenvalue weighted by atomic mass is 32.3. The molecule has 0 rings (SSSR count). The monoisotopic (exact) mass is 262 g/mol. The largest absolute Gasteiger partial charge is 0.394 e. The first-order chi connectivity index (χ1) is 7.33. The Bertz CT molecular complexity index is 200. The zero-order valence-electron chi connectivity index (χ0n) is 8.69. The molecule has 0 radical (unpaired) electrons. The molecule has 8 nitrogen and oxygen atoms in total. The standard InChI is InChI=1S/C4H10O3.C3H6O.H2O4S/c5-1-3-7-4-2-6;1-2-3-4;1-5(2,3)4/h5-6H,1-4H2;2,4H,1,3H2;(H2,1,2,3,4). The maximum absolute atomic E-state index is 8.74. The molecule has 0 aliphatic rings. The summed E-state index contributed by atoms with van der Waals surface area (Å²) in [6.45, 7) is 4.01. The van der Waals surface area contributed by atoms with Crippen molar-refractivity contribution >= 4 is 10.4 Å². The second-order valence-corrected chi connectivity index (χ2v) is 2.87. The van der Waals surface area contributed by atoms with Crippen LogP contribution in [0.25, 0.3) is 0 Å². The summed E-state index contributed by atoms with van der Waals surface area (Å²) in [4.78, 5) is 0. The molecule has 0 unspecified atom stereocenters. The minimum Gasteiger partial charge on any atom is -0.394 e. The molecule has 0 aromatic heterocycles. The Kier molecular flexibility index (Phi) is 21.9. The van der Waals surface area contributed by atoms with Gasteiger partial charge >= 0.3 is 10.4 Å². The Hall–Kier alpha value is -0.550. The van der Waals surface area contributed by atoms with Crippen LogP contribution >= 0.6 is 0 Å². The van der Waals surface area contributed by atoms with Gasteiger partial charge in [-0.25, -0.2) is 0 Å². The smallest absolute Gasteiger partial charge is 0.394 e. The molecule has 0 bridgehead atoms. The van der Waals surface area contributed by atoms with Crippen LogP contribution in [0.5, 0.6) is 0 Å². The van der Waals surface area contributed by atoms with E-state index in [1.54, 1.807) is 0 Å². The molecule has 0 saturated heterocycles. The van der Waals surface area contributed by atoms with Crippen LogP contribution in [-0.2, 0) is 15.1 Å². The fraction of sp³-hybridized carbons (Fsp3) is 0.714. The average Bonchev–Trinajstić information content (AvgIpc) is 2.17. The summed E-state index contributed by atoms with van der Waals surface area (Å²) in [6, 6.07) is 0. The third-order valence-corrected chi connectivity index (χ3v) is 0.600. The summed E-state index contributed by atoms with van der Waals surface area (Å²) in [7, 11) is -4.67. The third-order valence-electron chi connectivity index (χ3n) is 0.600. The van der Waals surface area contributed by atoms with E-state index in [0.29, 0.717) is 13.2 Å². The lowest BCUT2D eigenvalue weighted by Gasteiger charge is -1.94. The molecule has 0 spiro atoms. The molecule has 0 fully saturated rings. The third kappa shape index (κ3) is 105. The molecule has 0 aliphatic heterocycles. The Morgan fingerprint density at radius 1 is 1.06 bits per heavy atom. The van der Waals surface area contributed by atoms with E-state index in [1.165, 1.54) is 6.08 Å². The van der Waals surface area contributed by atoms with Crippen molar-refractivity contribution in [3.8, 4) is 0 Å². The number of rotatable bonds is 5. The number of hydrogen-bond donors (Lipinski definition) is 5. The van der Waals surface area contributed by atoms with E-state index in [-0.39, 0.29) is 19.8 Å². The SMILES string of the molecule is C=CCO.O=S(=O)(O)O.OCCOCCO. The molecule has 0 amide bonds. The highest BCUT2D eigenvalue weighted by Gasteiger charge is 1.84. The molecule has 100 valence electrons. The van der Waals surface area contributed by atoms with Gasteiger partial charge < -0.3 is 20.1 Å². The van der Waals surface area contributed by atoms with Crippen molar-refractivity contribution in [2.75, 3.05) is 33.0 Å². The summed E-state index contributed by atoms with van der Waals surface area (Å²) >= 11 is 0. The molecule has 5 N–H and O–H groups in total. The van der Waals surface area contributed by atoms with Gasteiger partial charge in [0.25, 0.3) is 0 Å². The van der Waals surface area contributed by atoms with E-state index in [1.807, 2.05) is 0 Å². The maximum Gasteiger partial charge on any atom is 0.394 e. The molecule has 0 atom stereocenters. The fourth-order valence-corrected chi connectivity index (χ4v) is 0.231. The van der Waals surface area contributed by atoms with E-state index in [2.05, 4.69) is 11.3 Å². The summed E-state index contributed by atoms with van der Waals surface area (Å²) in [6.07, 6.45) is 1.43. The quantitative estimate of drug-likeness (QED) is 0.229. The maximum atomic E-state index is 8.74. The summed E-state index contributed by atoms with van der Waals surface area (Å²) in [5, 5.41) is 23.9. The zero-order chi connectivity index (χ0) is 13.4. The number of hydrogen-bond acceptors (Lipinski definition) is 6. The van der Waals surface area contributed by atoms with E-state index < -0.39 is 10.4 Å². The Morgan fingerprint density at radius 3 is 1.44 bits per heavy atom. The van der Waals surface area contributed by atoms with Crippen molar-refractivity contribution in [2.45, 2.75) is 0 Å². The Morgan fingerprint density at radius 2 is 1.31 bits per heavy atom. The van der Waals surface area contributed by atoms with Crippen molar-refractivity contribution < 1.29 is 37.6 Å². The topological polar surface area (TPSA) is 145 Å². The van der Waals surface area contributed by atoms with Gasteiger partial charge in [-0.2, -0.15) is 8.42 Å². The number of aliphatic hydroxyl groups excluding tert-OH is 3. The minimum absolute atomic E-state index is 0.0278. The van der Waals surface area contributed by atoms with Crippen LogP contribution in [0, 0.1) is 0 Å². The Labute approximate surface area is 94.4 Å². The van der Waals surface area contributed by atoms with Crippen molar-refractivity contribution in [3.05, 3.63) is 12.7 Å². The minimum atomic E-state index is -4.67. The van der Waals surface area contributed by atoms with E-state index >= 15 is 0 Å². The molecule has 0 heterocycles. The van der Waals surface area contributed by atoms with E-state index in [0.717, 1.165) is 0 Å². The molecule has 16 heavy (non-hydrogen) atoms. The first-order valence-corrected chi connectivity index (χ1v) is 5.44. The van der Waals surface area contributed by atoms with Crippen molar-refractivity contribution in [1.29, 1.82) is 0 Å². The summed E-state index contributed by atoms with van der Waals surface area (Å²) in [5.41, 5.74) is 0. The molecule has 0 aromatic rings. The fourth-order valence-electron chi connectivity index (χ4n) is 0.231. The normalized spacial score (nSPS) is 9.31. The van der Waals surface area contributed by atoms with Crippen LogP contribution in [0.4, 0.5) is 0 Å². The molecule has 0 aliphatic carbocycles. The zero-order valence-corrected chi connectivity index (χ0v) is 9.51. The molecule has 0 saturated carbocycles. The van der Waals surface area contributed by atoms with Crippen LogP contribution < -0.4 is 0 Å². The van der Waals surface area contributed by atoms with Crippen LogP contribution in [0.2, 0.25) is 0 Å². The van der Waals surface area contributed by atoms with Gasteiger partial charge in [-0.05, 0) is 0 Å². The highest BCUT2D eigenvalue weighted by molar-refractivity contribution is 7.79. The lowest BCUT2D eigenvalue weighted by atomic mass is 10.7. The van der Waals surface area contributed by atoms with Crippen LogP contribution in [0.1, 0.15) is 0 Å². The van der Waals surface area contributed by atoms with Gasteiger partial charge in [0.15, 0.2) is 0 Å². The highest BCUT2D eigenvalue weighted by Crippen LogP contribution is 1.68. The molecule has 0 aromatic carbocycles. The van der Waals surface area contributed by atoms with Crippen LogP contribution in [0.15, 0.2) is 12.7 Å². The van der Waals surface area contributed by atoms with Crippen molar-refractivity contribution in [2.24, 2.45) is 0 Å². The van der Waals surface area contributed by atoms with Gasteiger partial charge in [-0.3, -0.25) is 9.11 Å². The van der Waals surface area contributed by atoms with Gasteiger partial charge in [0.1, 0.15) is 0 Å².